The van der Waals surface area contributed by atoms with Gasteiger partial charge in [-0.2, -0.15) is 0 Å². The molecule has 0 radical (unpaired) electrons. The first-order valence-electron chi connectivity index (χ1n) is 14.4. The molecule has 2 heterocycles. The molecule has 0 spiro atoms. The molecule has 0 saturated heterocycles. The van der Waals surface area contributed by atoms with Crippen LogP contribution in [0.15, 0.2) is 67.0 Å². The quantitative estimate of drug-likeness (QED) is 0.120. The van der Waals surface area contributed by atoms with Crippen molar-refractivity contribution in [1.29, 1.82) is 0 Å². The summed E-state index contributed by atoms with van der Waals surface area (Å²) in [6, 6.07) is 8.06. The van der Waals surface area contributed by atoms with Gasteiger partial charge in [0.2, 0.25) is 21.9 Å². The van der Waals surface area contributed by atoms with Crippen molar-refractivity contribution in [2.24, 2.45) is 0 Å². The number of pyridine rings is 1. The van der Waals surface area contributed by atoms with Gasteiger partial charge >= 0.3 is 0 Å². The van der Waals surface area contributed by atoms with Gasteiger partial charge in [-0.25, -0.2) is 26.5 Å². The third kappa shape index (κ3) is 8.66. The Hall–Kier alpha value is -3.92. The molecule has 2 aromatic heterocycles. The number of benzene rings is 1. The van der Waals surface area contributed by atoms with Gasteiger partial charge in [-0.05, 0) is 31.2 Å². The van der Waals surface area contributed by atoms with Crippen molar-refractivity contribution >= 4 is 29.7 Å². The number of allylic oxidation sites excluding steroid dienone is 3. The second-order valence-corrected chi connectivity index (χ2v) is 19.4. The Morgan fingerprint density at radius 2 is 1.87 bits per heavy atom. The summed E-state index contributed by atoms with van der Waals surface area (Å²) in [4.78, 5) is 4.47. The van der Waals surface area contributed by atoms with Crippen LogP contribution >= 0.6 is 0 Å². The second kappa shape index (κ2) is 15.6. The summed E-state index contributed by atoms with van der Waals surface area (Å²) in [5.74, 6) is -1.40. The minimum Gasteiger partial charge on any atom is -0.495 e. The predicted molar refractivity (Wildman–Crippen MR) is 176 cm³/mol. The topological polar surface area (TPSA) is 129 Å². The van der Waals surface area contributed by atoms with Gasteiger partial charge in [-0.3, -0.25) is 4.57 Å². The summed E-state index contributed by atoms with van der Waals surface area (Å²) in [5.41, 5.74) is 0.117. The lowest BCUT2D eigenvalue weighted by Gasteiger charge is -2.31. The molecule has 250 valence electrons. The lowest BCUT2D eigenvalue weighted by Crippen LogP contribution is -2.44. The van der Waals surface area contributed by atoms with Gasteiger partial charge in [-0.15, -0.1) is 10.2 Å². The zero-order chi connectivity index (χ0) is 34.2. The maximum atomic E-state index is 14.7. The highest BCUT2D eigenvalue weighted by Gasteiger charge is 2.39. The lowest BCUT2D eigenvalue weighted by molar-refractivity contribution is 0.171. The summed E-state index contributed by atoms with van der Waals surface area (Å²) in [5, 5.41) is 18.2. The van der Waals surface area contributed by atoms with Crippen LogP contribution in [0.5, 0.6) is 5.88 Å². The van der Waals surface area contributed by atoms with Crippen molar-refractivity contribution in [2.75, 3.05) is 38.8 Å². The van der Waals surface area contributed by atoms with E-state index in [4.69, 9.17) is 14.2 Å². The number of aliphatic hydroxyl groups is 1. The minimum absolute atomic E-state index is 0.0300. The molecule has 0 aliphatic carbocycles. The molecular formula is C31H41F2N5O6SSi. The number of sulfonamides is 1. The van der Waals surface area contributed by atoms with E-state index in [1.165, 1.54) is 25.7 Å². The molecule has 0 amide bonds. The second-order valence-electron chi connectivity index (χ2n) is 11.5. The van der Waals surface area contributed by atoms with Gasteiger partial charge in [0.05, 0.1) is 26.5 Å². The highest BCUT2D eigenvalue weighted by Crippen LogP contribution is 2.34. The molecule has 0 saturated carbocycles. The molecule has 11 nitrogen and oxygen atoms in total. The molecule has 0 fully saturated rings. The van der Waals surface area contributed by atoms with E-state index in [9.17, 15) is 22.3 Å². The average molecular weight is 678 g/mol. The number of ether oxygens (including phenoxy) is 3. The predicted octanol–water partition coefficient (Wildman–Crippen LogP) is 5.43. The zero-order valence-electron chi connectivity index (χ0n) is 27.1. The fourth-order valence-electron chi connectivity index (χ4n) is 4.34. The number of hydrogen-bond acceptors (Lipinski definition) is 9. The maximum Gasteiger partial charge on any atom is 0.246 e. The Morgan fingerprint density at radius 1 is 1.15 bits per heavy atom. The fraction of sp³-hybridized carbons (Fsp3) is 0.387. The summed E-state index contributed by atoms with van der Waals surface area (Å²) < 4.78 is 75.6. The van der Waals surface area contributed by atoms with Crippen LogP contribution in [-0.4, -0.2) is 81.1 Å². The molecule has 0 bridgehead atoms. The first-order valence-corrected chi connectivity index (χ1v) is 19.6. The first-order chi connectivity index (χ1) is 21.7. The molecule has 1 aromatic carbocycles. The van der Waals surface area contributed by atoms with E-state index >= 15 is 0 Å². The minimum atomic E-state index is -4.50. The third-order valence-electron chi connectivity index (χ3n) is 7.02. The molecule has 46 heavy (non-hydrogen) atoms. The average Bonchev–Trinajstić information content (AvgIpc) is 3.44. The molecule has 0 aliphatic rings. The zero-order valence-corrected chi connectivity index (χ0v) is 28.9. The van der Waals surface area contributed by atoms with Gasteiger partial charge in [0, 0.05) is 39.4 Å². The van der Waals surface area contributed by atoms with E-state index < -0.39 is 41.1 Å². The van der Waals surface area contributed by atoms with Gasteiger partial charge in [0.25, 0.3) is 0 Å². The lowest BCUT2D eigenvalue weighted by atomic mass is 10.1. The molecule has 3 rings (SSSR count). The van der Waals surface area contributed by atoms with Crippen molar-refractivity contribution in [3.63, 3.8) is 0 Å². The number of nitrogens with zero attached hydrogens (tertiary/aromatic N) is 5. The molecule has 3 aromatic rings. The van der Waals surface area contributed by atoms with Crippen LogP contribution in [-0.2, 0) is 19.5 Å². The van der Waals surface area contributed by atoms with Gasteiger partial charge in [0.15, 0.2) is 5.82 Å². The summed E-state index contributed by atoms with van der Waals surface area (Å²) in [7, 11) is -1.93. The van der Waals surface area contributed by atoms with Crippen molar-refractivity contribution in [1.82, 2.24) is 19.7 Å². The van der Waals surface area contributed by atoms with E-state index in [-0.39, 0.29) is 41.2 Å². The van der Waals surface area contributed by atoms with Crippen LogP contribution < -0.4 is 9.04 Å². The molecule has 1 N–H and O–H groups in total. The van der Waals surface area contributed by atoms with Crippen molar-refractivity contribution < 1.29 is 36.5 Å². The van der Waals surface area contributed by atoms with Gasteiger partial charge in [-0.1, -0.05) is 50.5 Å². The maximum absolute atomic E-state index is 14.7. The summed E-state index contributed by atoms with van der Waals surface area (Å²) in [6.07, 6.45) is 3.22. The molecule has 2 atom stereocenters. The van der Waals surface area contributed by atoms with Gasteiger partial charge in [0.1, 0.15) is 34.4 Å². The van der Waals surface area contributed by atoms with E-state index in [0.717, 1.165) is 16.4 Å². The first kappa shape index (κ1) is 36.5. The Balaban J connectivity index is 2.28. The number of anilines is 1. The fourth-order valence-corrected chi connectivity index (χ4v) is 6.96. The number of halogens is 2. The van der Waals surface area contributed by atoms with Crippen molar-refractivity contribution in [3.8, 4) is 17.4 Å². The van der Waals surface area contributed by atoms with E-state index in [1.54, 1.807) is 43.5 Å². The van der Waals surface area contributed by atoms with Crippen LogP contribution in [0.25, 0.3) is 17.2 Å². The Bertz CT molecular complexity index is 1690. The molecule has 0 aliphatic heterocycles. The number of aromatic nitrogens is 4. The van der Waals surface area contributed by atoms with Crippen molar-refractivity contribution in [3.05, 3.63) is 84.2 Å². The third-order valence-corrected chi connectivity index (χ3v) is 10.9. The molecule has 15 heteroatoms. The van der Waals surface area contributed by atoms with E-state index in [0.29, 0.717) is 24.4 Å². The molecular weight excluding hydrogens is 637 g/mol. The Morgan fingerprint density at radius 3 is 2.48 bits per heavy atom. The number of methoxy groups -OCH3 is 3. The Kier molecular flexibility index (Phi) is 12.4. The smallest absolute Gasteiger partial charge is 0.246 e. The summed E-state index contributed by atoms with van der Waals surface area (Å²) >= 11 is 0. The molecule has 0 unspecified atom stereocenters. The SMILES string of the molecule is C=C(/C(=C\C=C/COC)OC)n1c(-c2cccc(OC)n2)nnc1N(CC[Si](C)(C)C)S(=O)(=O)[C@H](C)[C@@H](O)c1ccc(F)cc1F. The number of aliphatic hydroxyl groups excluding tert-OH is 1. The van der Waals surface area contributed by atoms with Crippen LogP contribution in [0, 0.1) is 11.6 Å². The van der Waals surface area contributed by atoms with Crippen LogP contribution in [0.1, 0.15) is 18.6 Å². The Labute approximate surface area is 269 Å². The van der Waals surface area contributed by atoms with Crippen LogP contribution in [0.3, 0.4) is 0 Å². The largest absolute Gasteiger partial charge is 0.495 e. The number of hydrogen-bond donors (Lipinski definition) is 1. The van der Waals surface area contributed by atoms with E-state index in [2.05, 4.69) is 41.4 Å². The van der Waals surface area contributed by atoms with Crippen LogP contribution in [0.2, 0.25) is 25.7 Å². The highest BCUT2D eigenvalue weighted by molar-refractivity contribution is 7.93. The monoisotopic (exact) mass is 677 g/mol. The van der Waals surface area contributed by atoms with Crippen LogP contribution in [0.4, 0.5) is 14.7 Å². The highest BCUT2D eigenvalue weighted by atomic mass is 32.2. The van der Waals surface area contributed by atoms with E-state index in [1.807, 2.05) is 0 Å². The number of rotatable bonds is 16. The summed E-state index contributed by atoms with van der Waals surface area (Å²) in [6.45, 7) is 12.0. The normalized spacial score (nSPS) is 13.9. The van der Waals surface area contributed by atoms with Crippen molar-refractivity contribution in [2.45, 2.75) is 44.0 Å². The van der Waals surface area contributed by atoms with Gasteiger partial charge < -0.3 is 19.3 Å². The standard InChI is InChI=1S/C31H41F2N5O6SSi/c1-21(27(43-4)13-9-10-18-42-3)38-30(26-12-11-14-28(34-26)44-5)35-36-31(38)37(17-19-46(6,7)8)45(40,41)22(2)29(39)24-16-15-23(32)20-25(24)33/h9-16,20,22,29,39H,1,17-19H2,2-8H3/b10-9-,27-13+/t22-,29-/m1/s1.